The Labute approximate surface area is 160 Å². The van der Waals surface area contributed by atoms with Gasteiger partial charge in [-0.25, -0.2) is 0 Å². The third-order valence-corrected chi connectivity index (χ3v) is 4.83. The summed E-state index contributed by atoms with van der Waals surface area (Å²) in [6, 6.07) is 19.6. The number of rotatable bonds is 3. The van der Waals surface area contributed by atoms with Gasteiger partial charge in [0.1, 0.15) is 6.17 Å². The third kappa shape index (κ3) is 3.11. The maximum atomic E-state index is 13.1. The Balaban J connectivity index is 1.78. The molecule has 1 amide bonds. The van der Waals surface area contributed by atoms with Crippen LogP contribution in [0.3, 0.4) is 0 Å². The predicted molar refractivity (Wildman–Crippen MR) is 102 cm³/mol. The smallest absolute Gasteiger partial charge is 0.361 e. The Morgan fingerprint density at radius 3 is 2.39 bits per heavy atom. The maximum absolute atomic E-state index is 13.1. The van der Waals surface area contributed by atoms with E-state index in [9.17, 15) is 18.0 Å². The van der Waals surface area contributed by atoms with Crippen molar-refractivity contribution >= 4 is 17.3 Å². The molecule has 1 aliphatic heterocycles. The zero-order chi connectivity index (χ0) is 19.9. The lowest BCUT2D eigenvalue weighted by Crippen LogP contribution is -2.32. The highest BCUT2D eigenvalue weighted by Gasteiger charge is 2.38. The monoisotopic (exact) mass is 382 g/mol. The summed E-state index contributed by atoms with van der Waals surface area (Å²) in [5.41, 5.74) is 2.44. The largest absolute Gasteiger partial charge is 0.416 e. The molecule has 0 aromatic heterocycles. The van der Waals surface area contributed by atoms with Gasteiger partial charge in [-0.15, -0.1) is 0 Å². The molecule has 0 unspecified atom stereocenters. The highest BCUT2D eigenvalue weighted by atomic mass is 19.4. The summed E-state index contributed by atoms with van der Waals surface area (Å²) in [5, 5.41) is 3.12. The number of hydrogen-bond donors (Lipinski definition) is 1. The van der Waals surface area contributed by atoms with E-state index in [2.05, 4.69) is 5.32 Å². The molecule has 1 atom stereocenters. The van der Waals surface area contributed by atoms with E-state index < -0.39 is 17.9 Å². The summed E-state index contributed by atoms with van der Waals surface area (Å²) in [5.74, 6) is -0.186. The Bertz CT molecular complexity index is 1050. The van der Waals surface area contributed by atoms with Crippen LogP contribution in [0.1, 0.15) is 33.2 Å². The van der Waals surface area contributed by atoms with Crippen molar-refractivity contribution in [2.45, 2.75) is 19.3 Å². The van der Waals surface area contributed by atoms with Crippen LogP contribution in [-0.2, 0) is 6.18 Å². The zero-order valence-corrected chi connectivity index (χ0v) is 15.0. The second kappa shape index (κ2) is 6.71. The molecule has 1 aliphatic rings. The first-order chi connectivity index (χ1) is 13.4. The van der Waals surface area contributed by atoms with Crippen LogP contribution in [0.15, 0.2) is 72.8 Å². The molecule has 0 saturated heterocycles. The van der Waals surface area contributed by atoms with Gasteiger partial charge in [-0.2, -0.15) is 13.2 Å². The number of para-hydroxylation sites is 1. The molecular weight excluding hydrogens is 365 g/mol. The maximum Gasteiger partial charge on any atom is 0.416 e. The highest BCUT2D eigenvalue weighted by molar-refractivity contribution is 6.11. The van der Waals surface area contributed by atoms with Crippen molar-refractivity contribution < 1.29 is 18.0 Å². The molecule has 28 heavy (non-hydrogen) atoms. The molecule has 142 valence electrons. The van der Waals surface area contributed by atoms with E-state index in [0.29, 0.717) is 16.9 Å². The summed E-state index contributed by atoms with van der Waals surface area (Å²) >= 11 is 0. The van der Waals surface area contributed by atoms with E-state index in [0.717, 1.165) is 23.3 Å². The van der Waals surface area contributed by atoms with Crippen LogP contribution >= 0.6 is 0 Å². The van der Waals surface area contributed by atoms with E-state index in [1.807, 2.05) is 43.3 Å². The van der Waals surface area contributed by atoms with Crippen molar-refractivity contribution in [2.24, 2.45) is 0 Å². The van der Waals surface area contributed by atoms with Gasteiger partial charge in [-0.3, -0.25) is 9.69 Å². The first-order valence-electron chi connectivity index (χ1n) is 8.78. The topological polar surface area (TPSA) is 32.3 Å². The minimum absolute atomic E-state index is 0.186. The molecule has 0 spiro atoms. The van der Waals surface area contributed by atoms with E-state index >= 15 is 0 Å². The summed E-state index contributed by atoms with van der Waals surface area (Å²) in [7, 11) is 0. The van der Waals surface area contributed by atoms with Crippen molar-refractivity contribution in [3.05, 3.63) is 95.1 Å². The van der Waals surface area contributed by atoms with Gasteiger partial charge in [0.25, 0.3) is 5.91 Å². The molecule has 4 rings (SSSR count). The predicted octanol–water partition coefficient (Wildman–Crippen LogP) is 5.78. The number of anilines is 2. The van der Waals surface area contributed by atoms with Crippen LogP contribution in [0.5, 0.6) is 0 Å². The molecule has 0 saturated carbocycles. The molecule has 1 N–H and O–H groups in total. The minimum Gasteiger partial charge on any atom is -0.361 e. The van der Waals surface area contributed by atoms with Crippen molar-refractivity contribution in [3.63, 3.8) is 0 Å². The SMILES string of the molecule is Cc1ccccc1N1C(=O)c2ccccc2[C@H]1Nc1cccc(C(F)(F)F)c1. The zero-order valence-electron chi connectivity index (χ0n) is 15.0. The molecule has 3 aromatic rings. The second-order valence-corrected chi connectivity index (χ2v) is 6.67. The minimum atomic E-state index is -4.43. The van der Waals surface area contributed by atoms with Crippen LogP contribution in [-0.4, -0.2) is 5.91 Å². The summed E-state index contributed by atoms with van der Waals surface area (Å²) < 4.78 is 39.3. The molecule has 3 nitrogen and oxygen atoms in total. The number of amides is 1. The first-order valence-corrected chi connectivity index (χ1v) is 8.78. The third-order valence-electron chi connectivity index (χ3n) is 4.83. The van der Waals surface area contributed by atoms with Crippen LogP contribution in [0.4, 0.5) is 24.5 Å². The van der Waals surface area contributed by atoms with Gasteiger partial charge in [-0.05, 0) is 42.8 Å². The number of alkyl halides is 3. The number of benzene rings is 3. The standard InChI is InChI=1S/C22H17F3N2O/c1-14-7-2-5-12-19(14)27-20(17-10-3-4-11-18(17)21(27)28)26-16-9-6-8-15(13-16)22(23,24)25/h2-13,20,26H,1H3/t20-/m0/s1. The Morgan fingerprint density at radius 2 is 1.64 bits per heavy atom. The van der Waals surface area contributed by atoms with Gasteiger partial charge in [0.2, 0.25) is 0 Å². The lowest BCUT2D eigenvalue weighted by atomic mass is 10.1. The number of fused-ring (bicyclic) bond motifs is 1. The number of nitrogens with one attached hydrogen (secondary N) is 1. The molecular formula is C22H17F3N2O. The Hall–Kier alpha value is -3.28. The van der Waals surface area contributed by atoms with Crippen LogP contribution in [0.25, 0.3) is 0 Å². The second-order valence-electron chi connectivity index (χ2n) is 6.67. The molecule has 0 fully saturated rings. The fourth-order valence-corrected chi connectivity index (χ4v) is 3.48. The lowest BCUT2D eigenvalue weighted by molar-refractivity contribution is -0.137. The van der Waals surface area contributed by atoms with Crippen LogP contribution in [0, 0.1) is 6.92 Å². The molecule has 1 heterocycles. The quantitative estimate of drug-likeness (QED) is 0.622. The fraction of sp³-hybridized carbons (Fsp3) is 0.136. The van der Waals surface area contributed by atoms with Gasteiger partial charge >= 0.3 is 6.18 Å². The molecule has 0 bridgehead atoms. The van der Waals surface area contributed by atoms with Gasteiger partial charge in [0, 0.05) is 22.5 Å². The highest BCUT2D eigenvalue weighted by Crippen LogP contribution is 2.40. The summed E-state index contributed by atoms with van der Waals surface area (Å²) in [4.78, 5) is 14.7. The van der Waals surface area contributed by atoms with Crippen molar-refractivity contribution in [1.82, 2.24) is 0 Å². The van der Waals surface area contributed by atoms with Crippen molar-refractivity contribution in [1.29, 1.82) is 0 Å². The fourth-order valence-electron chi connectivity index (χ4n) is 3.48. The summed E-state index contributed by atoms with van der Waals surface area (Å²) in [6.07, 6.45) is -5.04. The van der Waals surface area contributed by atoms with E-state index in [1.165, 1.54) is 6.07 Å². The van der Waals surface area contributed by atoms with E-state index in [4.69, 9.17) is 0 Å². The molecule has 0 radical (unpaired) electrons. The van der Waals surface area contributed by atoms with Crippen molar-refractivity contribution in [2.75, 3.05) is 10.2 Å². The number of hydrogen-bond acceptors (Lipinski definition) is 2. The number of halogens is 3. The first kappa shape index (κ1) is 18.1. The lowest BCUT2D eigenvalue weighted by Gasteiger charge is -2.28. The van der Waals surface area contributed by atoms with E-state index in [1.54, 1.807) is 23.1 Å². The van der Waals surface area contributed by atoms with E-state index in [-0.39, 0.29) is 5.91 Å². The molecule has 0 aliphatic carbocycles. The van der Waals surface area contributed by atoms with Crippen molar-refractivity contribution in [3.8, 4) is 0 Å². The molecule has 3 aromatic carbocycles. The van der Waals surface area contributed by atoms with Gasteiger partial charge in [-0.1, -0.05) is 42.5 Å². The number of carbonyl (C=O) groups excluding carboxylic acids is 1. The normalized spacial score (nSPS) is 16.2. The summed E-state index contributed by atoms with van der Waals surface area (Å²) in [6.45, 7) is 1.90. The molecule has 6 heteroatoms. The average Bonchev–Trinajstić information content (AvgIpc) is 2.94. The van der Waals surface area contributed by atoms with Gasteiger partial charge in [0.15, 0.2) is 0 Å². The van der Waals surface area contributed by atoms with Crippen LogP contribution < -0.4 is 10.2 Å². The average molecular weight is 382 g/mol. The Morgan fingerprint density at radius 1 is 0.929 bits per heavy atom. The van der Waals surface area contributed by atoms with Gasteiger partial charge in [0.05, 0.1) is 5.56 Å². The number of carbonyl (C=O) groups is 1. The van der Waals surface area contributed by atoms with Gasteiger partial charge < -0.3 is 5.32 Å². The number of aryl methyl sites for hydroxylation is 1. The number of nitrogens with zero attached hydrogens (tertiary/aromatic N) is 1. The van der Waals surface area contributed by atoms with Crippen LogP contribution in [0.2, 0.25) is 0 Å². The Kier molecular flexibility index (Phi) is 4.34.